The molecule has 0 atom stereocenters. The van der Waals surface area contributed by atoms with Crippen LogP contribution < -0.4 is 4.57 Å². The molecule has 0 aliphatic heterocycles. The summed E-state index contributed by atoms with van der Waals surface area (Å²) >= 11 is 0. The van der Waals surface area contributed by atoms with E-state index in [9.17, 15) is 0 Å². The maximum atomic E-state index is 8.57. The monoisotopic (exact) mass is 339 g/mol. The van der Waals surface area contributed by atoms with Crippen LogP contribution in [0.1, 0.15) is 18.2 Å². The van der Waals surface area contributed by atoms with Crippen LogP contribution in [0.4, 0.5) is 0 Å². The molecule has 0 fully saturated rings. The second-order valence-corrected chi connectivity index (χ2v) is 7.06. The summed E-state index contributed by atoms with van der Waals surface area (Å²) < 4.78 is 10.7. The van der Waals surface area contributed by atoms with Gasteiger partial charge >= 0.3 is 0 Å². The first-order valence-corrected chi connectivity index (χ1v) is 9.03. The van der Waals surface area contributed by atoms with Gasteiger partial charge in [0.15, 0.2) is 5.69 Å². The van der Waals surface area contributed by atoms with Gasteiger partial charge < -0.3 is 0 Å². The molecule has 1 aromatic heterocycles. The maximum absolute atomic E-state index is 8.57. The van der Waals surface area contributed by atoms with Crippen molar-refractivity contribution < 1.29 is 5.94 Å². The van der Waals surface area contributed by atoms with Gasteiger partial charge in [-0.25, -0.2) is 0 Å². The van der Waals surface area contributed by atoms with Gasteiger partial charge in [-0.2, -0.15) is 4.57 Å². The van der Waals surface area contributed by atoms with E-state index in [1.165, 1.54) is 33.5 Å². The molecule has 0 unspecified atom stereocenters. The third kappa shape index (κ3) is 2.80. The Kier molecular flexibility index (Phi) is 3.79. The van der Waals surface area contributed by atoms with Crippen molar-refractivity contribution >= 4 is 10.8 Å². The third-order valence-electron chi connectivity index (χ3n) is 5.18. The van der Waals surface area contributed by atoms with E-state index in [1.807, 2.05) is 13.0 Å². The largest absolute Gasteiger partial charge is 0.220 e. The van der Waals surface area contributed by atoms with E-state index in [0.717, 1.165) is 16.5 Å². The van der Waals surface area contributed by atoms with E-state index in [-0.39, 0.29) is 0 Å². The number of hydrogen-bond acceptors (Lipinski definition) is 0. The van der Waals surface area contributed by atoms with Crippen molar-refractivity contribution in [1.29, 1.82) is 0 Å². The predicted molar refractivity (Wildman–Crippen MR) is 110 cm³/mol. The molecule has 0 spiro atoms. The number of aryl methyl sites for hydroxylation is 2. The van der Waals surface area contributed by atoms with Crippen molar-refractivity contribution in [3.8, 4) is 22.4 Å². The van der Waals surface area contributed by atoms with E-state index >= 15 is 0 Å². The molecule has 0 saturated carbocycles. The summed E-state index contributed by atoms with van der Waals surface area (Å²) in [5.41, 5.74) is 8.26. The summed E-state index contributed by atoms with van der Waals surface area (Å²) in [5, 5.41) is 2.15. The molecular formula is C25H24N+. The Morgan fingerprint density at radius 3 is 2.35 bits per heavy atom. The van der Waals surface area contributed by atoms with E-state index in [1.54, 1.807) is 0 Å². The average molecular weight is 339 g/mol. The van der Waals surface area contributed by atoms with Crippen LogP contribution in [0.15, 0.2) is 72.8 Å². The zero-order valence-electron chi connectivity index (χ0n) is 16.8. The minimum Gasteiger partial charge on any atom is -0.198 e. The lowest BCUT2D eigenvalue weighted by Gasteiger charge is -2.12. The second kappa shape index (κ2) is 6.42. The smallest absolute Gasteiger partial charge is 0.198 e. The zero-order chi connectivity index (χ0) is 19.1. The number of aromatic nitrogens is 1. The fourth-order valence-electron chi connectivity index (χ4n) is 3.60. The van der Waals surface area contributed by atoms with Gasteiger partial charge in [-0.3, -0.25) is 0 Å². The normalized spacial score (nSPS) is 11.6. The van der Waals surface area contributed by atoms with Crippen LogP contribution in [-0.4, -0.2) is 0 Å². The molecule has 26 heavy (non-hydrogen) atoms. The first kappa shape index (κ1) is 15.3. The molecule has 3 aromatic carbocycles. The van der Waals surface area contributed by atoms with Crippen molar-refractivity contribution in [2.45, 2.75) is 20.8 Å². The van der Waals surface area contributed by atoms with Crippen LogP contribution in [0, 0.1) is 20.8 Å². The van der Waals surface area contributed by atoms with Crippen molar-refractivity contribution in [3.05, 3.63) is 89.6 Å². The fourth-order valence-corrected chi connectivity index (χ4v) is 3.60. The van der Waals surface area contributed by atoms with Gasteiger partial charge in [0.2, 0.25) is 5.69 Å². The van der Waals surface area contributed by atoms with Crippen LogP contribution in [0.25, 0.3) is 33.2 Å². The van der Waals surface area contributed by atoms with Crippen molar-refractivity contribution in [3.63, 3.8) is 0 Å². The SMILES string of the molecule is [2H]c1c(C)[n+](C)c(-c2cc(-c3ccccc3)ccc2C)c2cc(C)ccc12. The summed E-state index contributed by atoms with van der Waals surface area (Å²) in [6, 6.07) is 24.1. The Labute approximate surface area is 157 Å². The molecule has 0 aliphatic carbocycles. The molecule has 0 bridgehead atoms. The van der Waals surface area contributed by atoms with E-state index in [0.29, 0.717) is 6.04 Å². The van der Waals surface area contributed by atoms with Gasteiger partial charge in [-0.15, -0.1) is 0 Å². The first-order valence-electron chi connectivity index (χ1n) is 9.53. The molecule has 4 aromatic rings. The zero-order valence-corrected chi connectivity index (χ0v) is 15.8. The molecule has 1 heteroatoms. The molecule has 1 heterocycles. The van der Waals surface area contributed by atoms with Gasteiger partial charge in [-0.05, 0) is 48.1 Å². The molecule has 1 nitrogen and oxygen atoms in total. The summed E-state index contributed by atoms with van der Waals surface area (Å²) in [5.74, 6) is 0. The molecule has 0 saturated heterocycles. The Morgan fingerprint density at radius 2 is 1.58 bits per heavy atom. The van der Waals surface area contributed by atoms with Gasteiger partial charge in [-0.1, -0.05) is 60.2 Å². The Bertz CT molecular complexity index is 1160. The van der Waals surface area contributed by atoms with Crippen LogP contribution in [-0.2, 0) is 7.05 Å². The maximum Gasteiger partial charge on any atom is 0.220 e. The third-order valence-corrected chi connectivity index (χ3v) is 5.18. The highest BCUT2D eigenvalue weighted by molar-refractivity contribution is 5.95. The number of nitrogens with zero attached hydrogens (tertiary/aromatic N) is 1. The number of rotatable bonds is 2. The predicted octanol–water partition coefficient (Wildman–Crippen LogP) is 5.92. The standard InChI is InChI=1S/C25H24N/c1-17-10-12-22-15-19(3)26(4)25(24(22)14-17)23-16-21(13-11-18(23)2)20-8-6-5-7-9-20/h5-16H,1-4H3/q+1/i15D. The Balaban J connectivity index is 2.07. The number of fused-ring (bicyclic) bond motifs is 1. The summed E-state index contributed by atoms with van der Waals surface area (Å²) in [6.07, 6.45) is 0. The fraction of sp³-hybridized carbons (Fsp3) is 0.160. The lowest BCUT2D eigenvalue weighted by atomic mass is 9.94. The molecule has 0 aliphatic rings. The molecule has 4 rings (SSSR count). The van der Waals surface area contributed by atoms with Gasteiger partial charge in [0.05, 0.1) is 12.3 Å². The molecular weight excluding hydrogens is 314 g/mol. The highest BCUT2D eigenvalue weighted by Gasteiger charge is 2.20. The van der Waals surface area contributed by atoms with Crippen molar-refractivity contribution in [2.24, 2.45) is 7.05 Å². The van der Waals surface area contributed by atoms with Crippen molar-refractivity contribution in [2.75, 3.05) is 0 Å². The number of hydrogen-bond donors (Lipinski definition) is 0. The van der Waals surface area contributed by atoms with Crippen LogP contribution >= 0.6 is 0 Å². The summed E-state index contributed by atoms with van der Waals surface area (Å²) in [4.78, 5) is 0. The minimum atomic E-state index is 0.605. The van der Waals surface area contributed by atoms with Gasteiger partial charge in [0, 0.05) is 13.0 Å². The molecule has 128 valence electrons. The van der Waals surface area contributed by atoms with E-state index in [4.69, 9.17) is 1.37 Å². The van der Waals surface area contributed by atoms with E-state index in [2.05, 4.69) is 86.1 Å². The minimum absolute atomic E-state index is 0.605. The quantitative estimate of drug-likeness (QED) is 0.399. The van der Waals surface area contributed by atoms with Crippen molar-refractivity contribution in [1.82, 2.24) is 0 Å². The molecule has 0 amide bonds. The summed E-state index contributed by atoms with van der Waals surface area (Å²) in [6.45, 7) is 6.30. The van der Waals surface area contributed by atoms with Crippen LogP contribution in [0.5, 0.6) is 0 Å². The second-order valence-electron chi connectivity index (χ2n) is 7.06. The molecule has 0 radical (unpaired) electrons. The number of pyridine rings is 1. The number of benzene rings is 3. The molecule has 0 N–H and O–H groups in total. The van der Waals surface area contributed by atoms with Crippen LogP contribution in [0.3, 0.4) is 0 Å². The van der Waals surface area contributed by atoms with Gasteiger partial charge in [0.25, 0.3) is 0 Å². The van der Waals surface area contributed by atoms with E-state index < -0.39 is 0 Å². The summed E-state index contributed by atoms with van der Waals surface area (Å²) in [7, 11) is 2.07. The lowest BCUT2D eigenvalue weighted by Crippen LogP contribution is -2.35. The Hall–Kier alpha value is -2.93. The first-order chi connectivity index (χ1) is 13.0. The average Bonchev–Trinajstić information content (AvgIpc) is 2.68. The topological polar surface area (TPSA) is 3.88 Å². The lowest BCUT2D eigenvalue weighted by molar-refractivity contribution is -0.665. The van der Waals surface area contributed by atoms with Crippen LogP contribution in [0.2, 0.25) is 0 Å². The highest BCUT2D eigenvalue weighted by Crippen LogP contribution is 2.32. The highest BCUT2D eigenvalue weighted by atomic mass is 14.9. The Morgan fingerprint density at radius 1 is 0.808 bits per heavy atom. The van der Waals surface area contributed by atoms with Gasteiger partial charge in [0.1, 0.15) is 7.05 Å².